The molecule has 0 aliphatic carbocycles. The van der Waals surface area contributed by atoms with Crippen LogP contribution in [0.4, 0.5) is 0 Å². The monoisotopic (exact) mass is 258 g/mol. The molecule has 4 nitrogen and oxygen atoms in total. The zero-order valence-electron chi connectivity index (χ0n) is 11.9. The molecule has 0 rings (SSSR count). The first kappa shape index (κ1) is 19.0. The van der Waals surface area contributed by atoms with Crippen molar-refractivity contribution in [3.63, 3.8) is 0 Å². The number of carboxylic acid groups (broad SMARTS) is 2. The molecule has 0 fully saturated rings. The van der Waals surface area contributed by atoms with Crippen LogP contribution in [0.3, 0.4) is 0 Å². The molecule has 0 aromatic rings. The lowest BCUT2D eigenvalue weighted by Crippen LogP contribution is -2.18. The Hall–Kier alpha value is -1.32. The molecule has 2 N–H and O–H groups in total. The fourth-order valence-electron chi connectivity index (χ4n) is 0.814. The number of carboxylic acids is 2. The van der Waals surface area contributed by atoms with E-state index in [1.165, 1.54) is 19.3 Å². The predicted molar refractivity (Wildman–Crippen MR) is 72.6 cm³/mol. The number of rotatable bonds is 6. The molecule has 106 valence electrons. The Bertz CT molecular complexity index is 261. The Morgan fingerprint density at radius 1 is 1.06 bits per heavy atom. The van der Waals surface area contributed by atoms with Crippen LogP contribution in [0.15, 0.2) is 12.2 Å². The number of hydrogen-bond donors (Lipinski definition) is 2. The molecule has 0 saturated carbocycles. The Kier molecular flexibility index (Phi) is 11.4. The second-order valence-electron chi connectivity index (χ2n) is 5.12. The van der Waals surface area contributed by atoms with Crippen LogP contribution >= 0.6 is 0 Å². The lowest BCUT2D eigenvalue weighted by atomic mass is 9.98. The molecule has 18 heavy (non-hydrogen) atoms. The molecule has 0 heterocycles. The average Bonchev–Trinajstić information content (AvgIpc) is 2.22. The van der Waals surface area contributed by atoms with E-state index in [4.69, 9.17) is 10.2 Å². The van der Waals surface area contributed by atoms with Crippen LogP contribution < -0.4 is 0 Å². The SMILES string of the molecule is CC(C)(C)C(=O)O.CCCCCC=CCC(=O)O. The summed E-state index contributed by atoms with van der Waals surface area (Å²) in [6.07, 6.45) is 8.46. The van der Waals surface area contributed by atoms with Crippen molar-refractivity contribution in [2.24, 2.45) is 5.41 Å². The van der Waals surface area contributed by atoms with Gasteiger partial charge >= 0.3 is 11.9 Å². The zero-order valence-corrected chi connectivity index (χ0v) is 11.9. The first-order valence-electron chi connectivity index (χ1n) is 6.32. The first-order valence-corrected chi connectivity index (χ1v) is 6.32. The molecule has 0 spiro atoms. The van der Waals surface area contributed by atoms with Crippen molar-refractivity contribution in [1.82, 2.24) is 0 Å². The number of hydrogen-bond acceptors (Lipinski definition) is 2. The summed E-state index contributed by atoms with van der Waals surface area (Å²) in [5.41, 5.74) is -0.583. The smallest absolute Gasteiger partial charge is 0.308 e. The van der Waals surface area contributed by atoms with Crippen LogP contribution in [-0.4, -0.2) is 22.2 Å². The average molecular weight is 258 g/mol. The first-order chi connectivity index (χ1) is 8.21. The largest absolute Gasteiger partial charge is 0.481 e. The van der Waals surface area contributed by atoms with Gasteiger partial charge in [-0.05, 0) is 33.6 Å². The van der Waals surface area contributed by atoms with Gasteiger partial charge in [0.25, 0.3) is 0 Å². The van der Waals surface area contributed by atoms with Gasteiger partial charge in [-0.3, -0.25) is 9.59 Å². The van der Waals surface area contributed by atoms with Gasteiger partial charge in [0.05, 0.1) is 11.8 Å². The van der Waals surface area contributed by atoms with Gasteiger partial charge in [0.1, 0.15) is 0 Å². The van der Waals surface area contributed by atoms with E-state index in [0.717, 1.165) is 6.42 Å². The molecule has 0 saturated heterocycles. The lowest BCUT2D eigenvalue weighted by Gasteiger charge is -2.08. The van der Waals surface area contributed by atoms with Crippen LogP contribution in [0, 0.1) is 5.41 Å². The van der Waals surface area contributed by atoms with E-state index in [0.29, 0.717) is 0 Å². The Balaban J connectivity index is 0. The molecule has 0 amide bonds. The number of allylic oxidation sites excluding steroid dienone is 1. The third kappa shape index (κ3) is 17.1. The summed E-state index contributed by atoms with van der Waals surface area (Å²) in [6.45, 7) is 7.14. The van der Waals surface area contributed by atoms with Gasteiger partial charge < -0.3 is 10.2 Å². The number of unbranched alkanes of at least 4 members (excludes halogenated alkanes) is 3. The molecule has 0 aromatic heterocycles. The quantitative estimate of drug-likeness (QED) is 0.562. The van der Waals surface area contributed by atoms with Gasteiger partial charge in [0.15, 0.2) is 0 Å². The van der Waals surface area contributed by atoms with Crippen molar-refractivity contribution >= 4 is 11.9 Å². The molecule has 0 aliphatic rings. The molecule has 0 unspecified atom stereocenters. The summed E-state index contributed by atoms with van der Waals surface area (Å²) in [7, 11) is 0. The van der Waals surface area contributed by atoms with Crippen molar-refractivity contribution in [2.45, 2.75) is 59.8 Å². The van der Waals surface area contributed by atoms with E-state index in [1.54, 1.807) is 26.8 Å². The highest BCUT2D eigenvalue weighted by Gasteiger charge is 2.18. The van der Waals surface area contributed by atoms with Gasteiger partial charge in [-0.1, -0.05) is 31.9 Å². The molecular formula is C14H26O4. The van der Waals surface area contributed by atoms with Gasteiger partial charge in [-0.2, -0.15) is 0 Å². The molecule has 0 radical (unpaired) electrons. The van der Waals surface area contributed by atoms with Crippen molar-refractivity contribution in [2.75, 3.05) is 0 Å². The van der Waals surface area contributed by atoms with Crippen LogP contribution in [0.5, 0.6) is 0 Å². The van der Waals surface area contributed by atoms with E-state index < -0.39 is 17.4 Å². The third-order valence-corrected chi connectivity index (χ3v) is 2.08. The van der Waals surface area contributed by atoms with Crippen molar-refractivity contribution < 1.29 is 19.8 Å². The topological polar surface area (TPSA) is 74.6 Å². The van der Waals surface area contributed by atoms with Crippen LogP contribution in [0.2, 0.25) is 0 Å². The Morgan fingerprint density at radius 3 is 1.89 bits per heavy atom. The highest BCUT2D eigenvalue weighted by molar-refractivity contribution is 5.72. The van der Waals surface area contributed by atoms with Gasteiger partial charge in [0.2, 0.25) is 0 Å². The summed E-state index contributed by atoms with van der Waals surface area (Å²) >= 11 is 0. The molecule has 0 atom stereocenters. The number of carbonyl (C=O) groups is 2. The van der Waals surface area contributed by atoms with E-state index in [1.807, 2.05) is 6.08 Å². The van der Waals surface area contributed by atoms with Crippen molar-refractivity contribution in [1.29, 1.82) is 0 Å². The van der Waals surface area contributed by atoms with Crippen molar-refractivity contribution in [3.8, 4) is 0 Å². The Morgan fingerprint density at radius 2 is 1.56 bits per heavy atom. The molecule has 0 bridgehead atoms. The second kappa shape index (κ2) is 10.8. The maximum absolute atomic E-state index is 10.0. The Labute approximate surface area is 110 Å². The molecule has 0 aliphatic heterocycles. The summed E-state index contributed by atoms with van der Waals surface area (Å²) < 4.78 is 0. The number of aliphatic carboxylic acids is 2. The zero-order chi connectivity index (χ0) is 14.6. The summed E-state index contributed by atoms with van der Waals surface area (Å²) in [6, 6.07) is 0. The maximum atomic E-state index is 10.0. The third-order valence-electron chi connectivity index (χ3n) is 2.08. The highest BCUT2D eigenvalue weighted by Crippen LogP contribution is 2.11. The summed E-state index contributed by atoms with van der Waals surface area (Å²) in [4.78, 5) is 20.1. The predicted octanol–water partition coefficient (Wildman–Crippen LogP) is 3.71. The lowest BCUT2D eigenvalue weighted by molar-refractivity contribution is -0.145. The fraction of sp³-hybridized carbons (Fsp3) is 0.714. The van der Waals surface area contributed by atoms with E-state index in [2.05, 4.69) is 6.92 Å². The van der Waals surface area contributed by atoms with Gasteiger partial charge in [-0.25, -0.2) is 0 Å². The normalized spacial score (nSPS) is 10.9. The van der Waals surface area contributed by atoms with Crippen LogP contribution in [0.1, 0.15) is 59.8 Å². The van der Waals surface area contributed by atoms with Gasteiger partial charge in [0, 0.05) is 0 Å². The van der Waals surface area contributed by atoms with E-state index >= 15 is 0 Å². The summed E-state index contributed by atoms with van der Waals surface area (Å²) in [5.74, 6) is -1.51. The maximum Gasteiger partial charge on any atom is 0.308 e. The molecular weight excluding hydrogens is 232 g/mol. The van der Waals surface area contributed by atoms with Crippen LogP contribution in [-0.2, 0) is 9.59 Å². The fourth-order valence-corrected chi connectivity index (χ4v) is 0.814. The minimum Gasteiger partial charge on any atom is -0.481 e. The van der Waals surface area contributed by atoms with Gasteiger partial charge in [-0.15, -0.1) is 0 Å². The van der Waals surface area contributed by atoms with Crippen molar-refractivity contribution in [3.05, 3.63) is 12.2 Å². The minimum absolute atomic E-state index is 0.159. The minimum atomic E-state index is -0.757. The standard InChI is InChI=1S/C9H16O2.C5H10O2/c1-2-3-4-5-6-7-8-9(10)11;1-5(2,3)4(6)7/h6-7H,2-5,8H2,1H3,(H,10,11);1-3H3,(H,6,7). The second-order valence-corrected chi connectivity index (χ2v) is 5.12. The van der Waals surface area contributed by atoms with Crippen LogP contribution in [0.25, 0.3) is 0 Å². The van der Waals surface area contributed by atoms with E-state index in [9.17, 15) is 9.59 Å². The highest BCUT2D eigenvalue weighted by atomic mass is 16.4. The molecule has 0 aromatic carbocycles. The van der Waals surface area contributed by atoms with E-state index in [-0.39, 0.29) is 6.42 Å². The molecule has 4 heteroatoms. The summed E-state index contributed by atoms with van der Waals surface area (Å²) in [5, 5.41) is 16.5.